The zero-order valence-electron chi connectivity index (χ0n) is 14.1. The molecule has 0 aliphatic carbocycles. The van der Waals surface area contributed by atoms with Crippen LogP contribution in [0.4, 0.5) is 0 Å². The van der Waals surface area contributed by atoms with Crippen LogP contribution in [0.15, 0.2) is 50.9 Å². The molecule has 1 amide bonds. The molecule has 0 saturated carbocycles. The molecule has 0 unspecified atom stereocenters. The minimum Gasteiger partial charge on any atom is -0.486 e. The van der Waals surface area contributed by atoms with Gasteiger partial charge in [0.15, 0.2) is 0 Å². The SMILES string of the molecule is CN(C)C(=O)/C(C#N)=C\c1cc(Br)c(OCc2ccccc2Cl)c(Br)c1. The van der Waals surface area contributed by atoms with Crippen molar-refractivity contribution < 1.29 is 9.53 Å². The van der Waals surface area contributed by atoms with E-state index in [2.05, 4.69) is 31.9 Å². The Morgan fingerprint density at radius 1 is 1.27 bits per heavy atom. The van der Waals surface area contributed by atoms with Gasteiger partial charge in [0.25, 0.3) is 5.91 Å². The van der Waals surface area contributed by atoms with Gasteiger partial charge in [0.05, 0.1) is 8.95 Å². The van der Waals surface area contributed by atoms with E-state index in [1.54, 1.807) is 26.2 Å². The van der Waals surface area contributed by atoms with E-state index in [0.29, 0.717) is 31.9 Å². The average Bonchev–Trinajstić information content (AvgIpc) is 2.59. The van der Waals surface area contributed by atoms with Crippen LogP contribution in [-0.4, -0.2) is 24.9 Å². The number of nitrogens with zero attached hydrogens (tertiary/aromatic N) is 2. The fourth-order valence-electron chi connectivity index (χ4n) is 2.12. The summed E-state index contributed by atoms with van der Waals surface area (Å²) in [5, 5.41) is 9.85. The minimum absolute atomic E-state index is 0.0542. The molecule has 0 aliphatic heterocycles. The molecule has 0 saturated heterocycles. The van der Waals surface area contributed by atoms with Gasteiger partial charge in [-0.2, -0.15) is 5.26 Å². The number of likely N-dealkylation sites (N-methyl/N-ethyl adjacent to an activating group) is 1. The summed E-state index contributed by atoms with van der Waals surface area (Å²) in [5.74, 6) is 0.262. The van der Waals surface area contributed by atoms with Crippen LogP contribution in [0.3, 0.4) is 0 Å². The van der Waals surface area contributed by atoms with Gasteiger partial charge in [0.1, 0.15) is 24.0 Å². The number of benzene rings is 2. The minimum atomic E-state index is -0.348. The summed E-state index contributed by atoms with van der Waals surface area (Å²) >= 11 is 13.1. The lowest BCUT2D eigenvalue weighted by Gasteiger charge is -2.13. The molecule has 2 rings (SSSR count). The standard InChI is InChI=1S/C19H15Br2ClN2O2/c1-24(2)19(25)14(10-23)7-12-8-15(20)18(16(21)9-12)26-11-13-5-3-4-6-17(13)22/h3-9H,11H2,1-2H3/b14-7-. The molecule has 26 heavy (non-hydrogen) atoms. The van der Waals surface area contributed by atoms with Gasteiger partial charge in [-0.3, -0.25) is 4.79 Å². The lowest BCUT2D eigenvalue weighted by molar-refractivity contribution is -0.124. The molecular weight excluding hydrogens is 483 g/mol. The normalized spacial score (nSPS) is 11.0. The molecule has 0 N–H and O–H groups in total. The third kappa shape index (κ3) is 5.10. The zero-order chi connectivity index (χ0) is 19.3. The Labute approximate surface area is 174 Å². The summed E-state index contributed by atoms with van der Waals surface area (Å²) in [6.45, 7) is 0.314. The summed E-state index contributed by atoms with van der Waals surface area (Å²) in [6, 6.07) is 13.0. The largest absolute Gasteiger partial charge is 0.486 e. The fraction of sp³-hybridized carbons (Fsp3) is 0.158. The predicted octanol–water partition coefficient (Wildman–Crippen LogP) is 5.44. The predicted molar refractivity (Wildman–Crippen MR) is 110 cm³/mol. The lowest BCUT2D eigenvalue weighted by Crippen LogP contribution is -2.22. The van der Waals surface area contributed by atoms with E-state index in [1.165, 1.54) is 11.0 Å². The van der Waals surface area contributed by atoms with Crippen molar-refractivity contribution in [3.05, 3.63) is 67.1 Å². The second kappa shape index (κ2) is 9.22. The molecule has 0 spiro atoms. The van der Waals surface area contributed by atoms with E-state index in [9.17, 15) is 10.1 Å². The number of carbonyl (C=O) groups excluding carboxylic acids is 1. The summed E-state index contributed by atoms with van der Waals surface area (Å²) in [5.41, 5.74) is 1.62. The number of ether oxygens (including phenoxy) is 1. The van der Waals surface area contributed by atoms with Crippen molar-refractivity contribution in [2.24, 2.45) is 0 Å². The summed E-state index contributed by atoms with van der Waals surface area (Å²) in [4.78, 5) is 13.3. The maximum Gasteiger partial charge on any atom is 0.264 e. The Morgan fingerprint density at radius 3 is 2.42 bits per heavy atom. The van der Waals surface area contributed by atoms with Gasteiger partial charge in [-0.25, -0.2) is 0 Å². The molecule has 4 nitrogen and oxygen atoms in total. The van der Waals surface area contributed by atoms with Crippen LogP contribution in [0, 0.1) is 11.3 Å². The Balaban J connectivity index is 2.27. The third-order valence-corrected chi connectivity index (χ3v) is 4.97. The first-order chi connectivity index (χ1) is 12.3. The first-order valence-corrected chi connectivity index (χ1v) is 9.48. The van der Waals surface area contributed by atoms with Gasteiger partial charge in [-0.15, -0.1) is 0 Å². The van der Waals surface area contributed by atoms with Gasteiger partial charge in [0, 0.05) is 24.7 Å². The molecule has 0 radical (unpaired) electrons. The number of hydrogen-bond donors (Lipinski definition) is 0. The Kier molecular flexibility index (Phi) is 7.27. The molecule has 0 fully saturated rings. The van der Waals surface area contributed by atoms with Gasteiger partial charge in [0.2, 0.25) is 0 Å². The van der Waals surface area contributed by atoms with E-state index >= 15 is 0 Å². The molecule has 7 heteroatoms. The quantitative estimate of drug-likeness (QED) is 0.408. The van der Waals surface area contributed by atoms with Crippen molar-refractivity contribution in [1.82, 2.24) is 4.90 Å². The van der Waals surface area contributed by atoms with E-state index in [1.807, 2.05) is 30.3 Å². The molecule has 0 bridgehead atoms. The maximum atomic E-state index is 12.0. The van der Waals surface area contributed by atoms with Crippen molar-refractivity contribution in [3.63, 3.8) is 0 Å². The number of amides is 1. The molecule has 2 aromatic carbocycles. The van der Waals surface area contributed by atoms with E-state index in [-0.39, 0.29) is 11.5 Å². The van der Waals surface area contributed by atoms with Gasteiger partial charge < -0.3 is 9.64 Å². The summed E-state index contributed by atoms with van der Waals surface area (Å²) in [6.07, 6.45) is 1.54. The van der Waals surface area contributed by atoms with Crippen molar-refractivity contribution in [2.45, 2.75) is 6.61 Å². The highest BCUT2D eigenvalue weighted by Crippen LogP contribution is 2.36. The Bertz CT molecular complexity index is 882. The topological polar surface area (TPSA) is 53.3 Å². The van der Waals surface area contributed by atoms with Crippen LogP contribution in [-0.2, 0) is 11.4 Å². The molecule has 0 aromatic heterocycles. The molecular formula is C19H15Br2ClN2O2. The highest BCUT2D eigenvalue weighted by molar-refractivity contribution is 9.11. The maximum absolute atomic E-state index is 12.0. The second-order valence-corrected chi connectivity index (χ2v) is 7.68. The third-order valence-electron chi connectivity index (χ3n) is 3.42. The first-order valence-electron chi connectivity index (χ1n) is 7.52. The highest BCUT2D eigenvalue weighted by Gasteiger charge is 2.14. The lowest BCUT2D eigenvalue weighted by atomic mass is 10.1. The van der Waals surface area contributed by atoms with E-state index in [0.717, 1.165) is 5.56 Å². The number of halogens is 3. The van der Waals surface area contributed by atoms with Crippen molar-refractivity contribution in [3.8, 4) is 11.8 Å². The van der Waals surface area contributed by atoms with Crippen LogP contribution in [0.2, 0.25) is 5.02 Å². The smallest absolute Gasteiger partial charge is 0.264 e. The second-order valence-electron chi connectivity index (χ2n) is 5.56. The number of carbonyl (C=O) groups is 1. The van der Waals surface area contributed by atoms with E-state index < -0.39 is 0 Å². The van der Waals surface area contributed by atoms with Gasteiger partial charge >= 0.3 is 0 Å². The van der Waals surface area contributed by atoms with E-state index in [4.69, 9.17) is 16.3 Å². The number of nitriles is 1. The number of rotatable bonds is 5. The average molecular weight is 499 g/mol. The molecule has 0 aliphatic rings. The number of hydrogen-bond acceptors (Lipinski definition) is 3. The molecule has 2 aromatic rings. The zero-order valence-corrected chi connectivity index (χ0v) is 18.0. The van der Waals surface area contributed by atoms with Crippen molar-refractivity contribution in [2.75, 3.05) is 14.1 Å². The first kappa shape index (κ1) is 20.5. The molecule has 0 heterocycles. The fourth-order valence-corrected chi connectivity index (χ4v) is 3.76. The Hall–Kier alpha value is -1.81. The van der Waals surface area contributed by atoms with Crippen LogP contribution >= 0.6 is 43.5 Å². The Morgan fingerprint density at radius 2 is 1.88 bits per heavy atom. The van der Waals surface area contributed by atoms with Gasteiger partial charge in [-0.05, 0) is 61.7 Å². The van der Waals surface area contributed by atoms with Crippen LogP contribution in [0.5, 0.6) is 5.75 Å². The van der Waals surface area contributed by atoms with Crippen molar-refractivity contribution >= 4 is 55.4 Å². The molecule has 0 atom stereocenters. The van der Waals surface area contributed by atoms with Crippen molar-refractivity contribution in [1.29, 1.82) is 5.26 Å². The molecule has 134 valence electrons. The van der Waals surface area contributed by atoms with Crippen LogP contribution in [0.25, 0.3) is 6.08 Å². The summed E-state index contributed by atoms with van der Waals surface area (Å²) in [7, 11) is 3.20. The monoisotopic (exact) mass is 496 g/mol. The van der Waals surface area contributed by atoms with Crippen LogP contribution < -0.4 is 4.74 Å². The van der Waals surface area contributed by atoms with Gasteiger partial charge in [-0.1, -0.05) is 29.8 Å². The summed E-state index contributed by atoms with van der Waals surface area (Å²) < 4.78 is 7.26. The van der Waals surface area contributed by atoms with Crippen LogP contribution in [0.1, 0.15) is 11.1 Å². The highest BCUT2D eigenvalue weighted by atomic mass is 79.9.